The van der Waals surface area contributed by atoms with Gasteiger partial charge in [0, 0.05) is 7.05 Å². The van der Waals surface area contributed by atoms with Gasteiger partial charge < -0.3 is 0 Å². The Morgan fingerprint density at radius 2 is 2.55 bits per heavy atom. The first-order valence-electron chi connectivity index (χ1n) is 2.93. The summed E-state index contributed by atoms with van der Waals surface area (Å²) >= 11 is 0. The number of aromatic nitrogens is 3. The summed E-state index contributed by atoms with van der Waals surface area (Å²) in [6.07, 6.45) is 1.49. The van der Waals surface area contributed by atoms with Crippen molar-refractivity contribution in [2.24, 2.45) is 7.05 Å². The van der Waals surface area contributed by atoms with Gasteiger partial charge in [0.1, 0.15) is 0 Å². The molecule has 0 aromatic carbocycles. The van der Waals surface area contributed by atoms with Crippen LogP contribution < -0.4 is 5.48 Å². The number of aryl methyl sites for hydroxylation is 1. The fourth-order valence-electron chi connectivity index (χ4n) is 0.596. The summed E-state index contributed by atoms with van der Waals surface area (Å²) in [6.45, 7) is 0. The van der Waals surface area contributed by atoms with Gasteiger partial charge in [-0.25, -0.2) is 5.48 Å². The predicted octanol–water partition coefficient (Wildman–Crippen LogP) is -0.894. The van der Waals surface area contributed by atoms with Crippen LogP contribution in [0.25, 0.3) is 0 Å². The SMILES string of the molecule is CONC(=O)c1cn(C)nn1. The summed E-state index contributed by atoms with van der Waals surface area (Å²) in [7, 11) is 3.03. The standard InChI is InChI=1S/C5H8N4O2/c1-9-3-4(6-8-9)5(10)7-11-2/h3H,1-2H3,(H,7,10). The molecule has 6 nitrogen and oxygen atoms in total. The molecule has 0 atom stereocenters. The molecule has 1 rings (SSSR count). The minimum Gasteiger partial charge on any atom is -0.277 e. The molecule has 1 aromatic heterocycles. The fourth-order valence-corrected chi connectivity index (χ4v) is 0.596. The first-order valence-corrected chi connectivity index (χ1v) is 2.93. The van der Waals surface area contributed by atoms with Gasteiger partial charge >= 0.3 is 0 Å². The topological polar surface area (TPSA) is 69.0 Å². The third-order valence-electron chi connectivity index (χ3n) is 1.03. The van der Waals surface area contributed by atoms with E-state index in [4.69, 9.17) is 0 Å². The largest absolute Gasteiger partial charge is 0.296 e. The zero-order valence-electron chi connectivity index (χ0n) is 6.24. The molecule has 11 heavy (non-hydrogen) atoms. The summed E-state index contributed by atoms with van der Waals surface area (Å²) in [4.78, 5) is 15.3. The molecule has 6 heteroatoms. The van der Waals surface area contributed by atoms with Crippen molar-refractivity contribution in [3.8, 4) is 0 Å². The second-order valence-electron chi connectivity index (χ2n) is 1.91. The molecule has 60 valence electrons. The number of nitrogens with zero attached hydrogens (tertiary/aromatic N) is 3. The molecule has 1 heterocycles. The Labute approximate surface area is 63.1 Å². The molecule has 0 unspecified atom stereocenters. The fraction of sp³-hybridized carbons (Fsp3) is 0.400. The van der Waals surface area contributed by atoms with Crippen LogP contribution in [0.2, 0.25) is 0 Å². The van der Waals surface area contributed by atoms with E-state index >= 15 is 0 Å². The quantitative estimate of drug-likeness (QED) is 0.564. The summed E-state index contributed by atoms with van der Waals surface area (Å²) in [6, 6.07) is 0. The third kappa shape index (κ3) is 1.74. The Hall–Kier alpha value is -1.43. The highest BCUT2D eigenvalue weighted by atomic mass is 16.6. The van der Waals surface area contributed by atoms with Gasteiger partial charge in [0.05, 0.1) is 13.3 Å². The van der Waals surface area contributed by atoms with Gasteiger partial charge in [0.25, 0.3) is 5.91 Å². The van der Waals surface area contributed by atoms with E-state index in [0.29, 0.717) is 0 Å². The van der Waals surface area contributed by atoms with E-state index in [-0.39, 0.29) is 5.69 Å². The van der Waals surface area contributed by atoms with E-state index in [0.717, 1.165) is 0 Å². The smallest absolute Gasteiger partial charge is 0.277 e. The van der Waals surface area contributed by atoms with Crippen molar-refractivity contribution in [3.05, 3.63) is 11.9 Å². The Morgan fingerprint density at radius 3 is 3.00 bits per heavy atom. The van der Waals surface area contributed by atoms with Crippen LogP contribution in [-0.4, -0.2) is 28.0 Å². The molecule has 0 spiro atoms. The summed E-state index contributed by atoms with van der Waals surface area (Å²) in [5.74, 6) is -0.402. The highest BCUT2D eigenvalue weighted by molar-refractivity contribution is 5.90. The van der Waals surface area contributed by atoms with Gasteiger partial charge in [-0.2, -0.15) is 0 Å². The maximum Gasteiger partial charge on any atom is 0.296 e. The zero-order chi connectivity index (χ0) is 8.27. The molecule has 0 radical (unpaired) electrons. The molecule has 0 aliphatic carbocycles. The van der Waals surface area contributed by atoms with Crippen LogP contribution in [0.5, 0.6) is 0 Å². The number of hydrogen-bond acceptors (Lipinski definition) is 4. The van der Waals surface area contributed by atoms with E-state index in [2.05, 4.69) is 20.6 Å². The molecule has 0 aliphatic rings. The van der Waals surface area contributed by atoms with Crippen molar-refractivity contribution in [1.82, 2.24) is 20.5 Å². The van der Waals surface area contributed by atoms with Crippen molar-refractivity contribution < 1.29 is 9.63 Å². The van der Waals surface area contributed by atoms with Crippen LogP contribution in [0.15, 0.2) is 6.20 Å². The summed E-state index contributed by atoms with van der Waals surface area (Å²) in [5, 5.41) is 7.13. The second kappa shape index (κ2) is 3.11. The van der Waals surface area contributed by atoms with E-state index < -0.39 is 5.91 Å². The molecule has 1 amide bonds. The summed E-state index contributed by atoms with van der Waals surface area (Å²) < 4.78 is 1.44. The number of carbonyl (C=O) groups is 1. The lowest BCUT2D eigenvalue weighted by atomic mass is 10.5. The average Bonchev–Trinajstić information content (AvgIpc) is 2.36. The molecule has 0 fully saturated rings. The maximum absolute atomic E-state index is 10.9. The lowest BCUT2D eigenvalue weighted by Crippen LogP contribution is -2.22. The second-order valence-corrected chi connectivity index (χ2v) is 1.91. The Kier molecular flexibility index (Phi) is 2.17. The lowest BCUT2D eigenvalue weighted by molar-refractivity contribution is 0.0532. The lowest BCUT2D eigenvalue weighted by Gasteiger charge is -1.94. The average molecular weight is 156 g/mol. The summed E-state index contributed by atoms with van der Waals surface area (Å²) in [5.41, 5.74) is 2.35. The number of hydroxylamine groups is 1. The van der Waals surface area contributed by atoms with Crippen LogP contribution in [0, 0.1) is 0 Å². The highest BCUT2D eigenvalue weighted by Gasteiger charge is 2.07. The number of carbonyl (C=O) groups excluding carboxylic acids is 1. The Bertz CT molecular complexity index is 257. The van der Waals surface area contributed by atoms with Crippen LogP contribution >= 0.6 is 0 Å². The van der Waals surface area contributed by atoms with Gasteiger partial charge in [-0.1, -0.05) is 5.21 Å². The minimum atomic E-state index is -0.402. The van der Waals surface area contributed by atoms with E-state index in [1.807, 2.05) is 0 Å². The Balaban J connectivity index is 2.69. The molecule has 0 bridgehead atoms. The van der Waals surface area contributed by atoms with Crippen molar-refractivity contribution in [2.75, 3.05) is 7.11 Å². The van der Waals surface area contributed by atoms with Crippen LogP contribution in [0.4, 0.5) is 0 Å². The number of hydrogen-bond donors (Lipinski definition) is 1. The third-order valence-corrected chi connectivity index (χ3v) is 1.03. The van der Waals surface area contributed by atoms with Gasteiger partial charge in [0.2, 0.25) is 0 Å². The van der Waals surface area contributed by atoms with Crippen molar-refractivity contribution in [1.29, 1.82) is 0 Å². The van der Waals surface area contributed by atoms with Gasteiger partial charge in [-0.3, -0.25) is 14.3 Å². The molecule has 0 aliphatic heterocycles. The molecule has 1 N–H and O–H groups in total. The van der Waals surface area contributed by atoms with Crippen LogP contribution in [0.3, 0.4) is 0 Å². The van der Waals surface area contributed by atoms with Gasteiger partial charge in [-0.05, 0) is 0 Å². The molecular weight excluding hydrogens is 148 g/mol. The zero-order valence-corrected chi connectivity index (χ0v) is 6.24. The minimum absolute atomic E-state index is 0.231. The first kappa shape index (κ1) is 7.67. The Morgan fingerprint density at radius 1 is 1.82 bits per heavy atom. The van der Waals surface area contributed by atoms with E-state index in [1.165, 1.54) is 18.0 Å². The highest BCUT2D eigenvalue weighted by Crippen LogP contribution is 1.89. The van der Waals surface area contributed by atoms with Crippen molar-refractivity contribution in [3.63, 3.8) is 0 Å². The normalized spacial score (nSPS) is 9.64. The van der Waals surface area contributed by atoms with E-state index in [9.17, 15) is 4.79 Å². The molecule has 0 saturated heterocycles. The maximum atomic E-state index is 10.9. The monoisotopic (exact) mass is 156 g/mol. The molecule has 0 saturated carbocycles. The number of rotatable bonds is 2. The van der Waals surface area contributed by atoms with E-state index in [1.54, 1.807) is 7.05 Å². The van der Waals surface area contributed by atoms with Crippen LogP contribution in [0.1, 0.15) is 10.5 Å². The van der Waals surface area contributed by atoms with Crippen molar-refractivity contribution >= 4 is 5.91 Å². The van der Waals surface area contributed by atoms with Crippen LogP contribution in [-0.2, 0) is 11.9 Å². The molecule has 1 aromatic rings. The number of nitrogens with one attached hydrogen (secondary N) is 1. The van der Waals surface area contributed by atoms with Crippen molar-refractivity contribution in [2.45, 2.75) is 0 Å². The van der Waals surface area contributed by atoms with Gasteiger partial charge in [0.15, 0.2) is 5.69 Å². The first-order chi connectivity index (χ1) is 5.24. The number of amides is 1. The predicted molar refractivity (Wildman–Crippen MR) is 35.5 cm³/mol. The molecular formula is C5H8N4O2. The van der Waals surface area contributed by atoms with Gasteiger partial charge in [-0.15, -0.1) is 5.10 Å².